The quantitative estimate of drug-likeness (QED) is 0.475. The van der Waals surface area contributed by atoms with E-state index in [9.17, 15) is 17.7 Å². The summed E-state index contributed by atoms with van der Waals surface area (Å²) < 4.78 is 52.8. The van der Waals surface area contributed by atoms with E-state index in [1.165, 1.54) is 17.7 Å². The molecule has 9 nitrogen and oxygen atoms in total. The van der Waals surface area contributed by atoms with E-state index in [4.69, 9.17) is 11.3 Å². The molecule has 152 valence electrons. The highest BCUT2D eigenvalue weighted by Gasteiger charge is 2.32. The van der Waals surface area contributed by atoms with Crippen molar-refractivity contribution in [1.29, 1.82) is 5.53 Å². The molecular formula is C16H15F3N8OS. The van der Waals surface area contributed by atoms with Crippen LogP contribution in [0.2, 0.25) is 0 Å². The van der Waals surface area contributed by atoms with E-state index in [1.54, 1.807) is 6.92 Å². The molecule has 1 atom stereocenters. The molecule has 3 rings (SSSR count). The van der Waals surface area contributed by atoms with E-state index in [-0.39, 0.29) is 45.2 Å². The second-order valence-electron chi connectivity index (χ2n) is 5.83. The maximum atomic E-state index is 13.0. The Morgan fingerprint density at radius 3 is 2.59 bits per heavy atom. The van der Waals surface area contributed by atoms with Crippen LogP contribution < -0.4 is 5.73 Å². The third-order valence-electron chi connectivity index (χ3n) is 4.01. The summed E-state index contributed by atoms with van der Waals surface area (Å²) in [6, 6.07) is 3.11. The second kappa shape index (κ2) is 7.75. The molecule has 0 fully saturated rings. The normalized spacial score (nSPS) is 12.8. The standard InChI is InChI=1S/C16H15F3N8OS/c1-3-29(28)11-7-9(20)13(24-21)23-12(11)15-26-25-14(27(15)2)10-6-8(4-5-22-10)16(17,18)19/h4-7,21H,3,20H2,1-2H3. The molecule has 3 aromatic rings. The van der Waals surface area contributed by atoms with Crippen molar-refractivity contribution in [1.82, 2.24) is 24.7 Å². The molecule has 0 aliphatic rings. The third kappa shape index (κ3) is 3.91. The van der Waals surface area contributed by atoms with Crippen molar-refractivity contribution in [2.45, 2.75) is 18.0 Å². The molecule has 0 aliphatic heterocycles. The number of nitrogens with two attached hydrogens (primary N) is 1. The van der Waals surface area contributed by atoms with Crippen molar-refractivity contribution in [3.05, 3.63) is 30.0 Å². The third-order valence-corrected chi connectivity index (χ3v) is 5.34. The van der Waals surface area contributed by atoms with E-state index in [0.29, 0.717) is 0 Å². The molecule has 0 aromatic carbocycles. The Kier molecular flexibility index (Phi) is 5.53. The van der Waals surface area contributed by atoms with Crippen LogP contribution in [0.4, 0.5) is 24.7 Å². The van der Waals surface area contributed by atoms with Crippen LogP contribution in [-0.2, 0) is 24.4 Å². The van der Waals surface area contributed by atoms with Gasteiger partial charge >= 0.3 is 6.18 Å². The highest BCUT2D eigenvalue weighted by atomic mass is 32.2. The van der Waals surface area contributed by atoms with E-state index < -0.39 is 22.9 Å². The lowest BCUT2D eigenvalue weighted by Gasteiger charge is -2.13. The predicted molar refractivity (Wildman–Crippen MR) is 98.6 cm³/mol. The Bertz CT molecular complexity index is 1070. The van der Waals surface area contributed by atoms with Crippen LogP contribution >= 0.6 is 0 Å². The van der Waals surface area contributed by atoms with Gasteiger partial charge in [-0.2, -0.15) is 13.2 Å². The van der Waals surface area contributed by atoms with Crippen LogP contribution in [0.3, 0.4) is 0 Å². The number of alkyl halides is 3. The van der Waals surface area contributed by atoms with E-state index in [1.807, 2.05) is 0 Å². The van der Waals surface area contributed by atoms with Crippen molar-refractivity contribution < 1.29 is 17.7 Å². The first-order valence-corrected chi connectivity index (χ1v) is 9.49. The van der Waals surface area contributed by atoms with E-state index >= 15 is 0 Å². The van der Waals surface area contributed by atoms with Crippen LogP contribution in [0, 0.1) is 5.53 Å². The number of rotatable bonds is 5. The molecule has 0 bridgehead atoms. The number of hydrogen-bond acceptors (Lipinski definition) is 8. The van der Waals surface area contributed by atoms with Gasteiger partial charge in [0.1, 0.15) is 11.4 Å². The molecule has 3 N–H and O–H groups in total. The minimum atomic E-state index is -4.53. The van der Waals surface area contributed by atoms with Crippen molar-refractivity contribution in [2.75, 3.05) is 11.5 Å². The van der Waals surface area contributed by atoms with Gasteiger partial charge in [0.25, 0.3) is 0 Å². The summed E-state index contributed by atoms with van der Waals surface area (Å²) in [6.45, 7) is 1.70. The molecule has 0 saturated heterocycles. The Hall–Kier alpha value is -3.06. The molecule has 0 spiro atoms. The molecule has 13 heteroatoms. The van der Waals surface area contributed by atoms with Crippen molar-refractivity contribution >= 4 is 22.7 Å². The fraction of sp³-hybridized carbons (Fsp3) is 0.250. The van der Waals surface area contributed by atoms with Gasteiger partial charge in [-0.15, -0.1) is 15.3 Å². The van der Waals surface area contributed by atoms with Crippen LogP contribution in [-0.4, -0.2) is 35.0 Å². The van der Waals surface area contributed by atoms with Gasteiger partial charge in [-0.3, -0.25) is 4.98 Å². The van der Waals surface area contributed by atoms with Crippen LogP contribution in [0.25, 0.3) is 23.0 Å². The summed E-state index contributed by atoms with van der Waals surface area (Å²) >= 11 is -1.47. The molecule has 1 unspecified atom stereocenters. The second-order valence-corrected chi connectivity index (χ2v) is 7.54. The average molecular weight is 424 g/mol. The minimum Gasteiger partial charge on any atom is -0.611 e. The van der Waals surface area contributed by atoms with Gasteiger partial charge in [0.15, 0.2) is 28.1 Å². The van der Waals surface area contributed by atoms with Crippen LogP contribution in [0.1, 0.15) is 12.5 Å². The largest absolute Gasteiger partial charge is 0.611 e. The average Bonchev–Trinajstić information content (AvgIpc) is 3.07. The lowest BCUT2D eigenvalue weighted by Crippen LogP contribution is -2.10. The molecule has 0 amide bonds. The van der Waals surface area contributed by atoms with Gasteiger partial charge in [0, 0.05) is 19.3 Å². The number of nitrogens with zero attached hydrogens (tertiary/aromatic N) is 6. The summed E-state index contributed by atoms with van der Waals surface area (Å²) in [6.07, 6.45) is -3.50. The molecule has 3 aromatic heterocycles. The number of halogens is 3. The zero-order valence-corrected chi connectivity index (χ0v) is 16.0. The molecule has 0 saturated carbocycles. The van der Waals surface area contributed by atoms with Crippen molar-refractivity contribution in [2.24, 2.45) is 12.2 Å². The maximum absolute atomic E-state index is 13.0. The van der Waals surface area contributed by atoms with Gasteiger partial charge in [0.05, 0.1) is 11.3 Å². The summed E-state index contributed by atoms with van der Waals surface area (Å²) in [4.78, 5) is 8.36. The van der Waals surface area contributed by atoms with Gasteiger partial charge in [-0.1, -0.05) is 0 Å². The summed E-state index contributed by atoms with van der Waals surface area (Å²) in [5.74, 6) is 0.354. The Morgan fingerprint density at radius 2 is 1.97 bits per heavy atom. The Labute approximate surface area is 165 Å². The lowest BCUT2D eigenvalue weighted by atomic mass is 10.2. The van der Waals surface area contributed by atoms with Gasteiger partial charge < -0.3 is 14.9 Å². The number of aromatic nitrogens is 5. The topological polar surface area (TPSA) is 142 Å². The zero-order chi connectivity index (χ0) is 21.3. The van der Waals surface area contributed by atoms with E-state index in [0.717, 1.165) is 18.3 Å². The Morgan fingerprint density at radius 1 is 1.28 bits per heavy atom. The number of pyridine rings is 2. The lowest BCUT2D eigenvalue weighted by molar-refractivity contribution is -0.137. The molecule has 3 heterocycles. The fourth-order valence-corrected chi connectivity index (χ4v) is 3.49. The monoisotopic (exact) mass is 424 g/mol. The molecule has 0 radical (unpaired) electrons. The van der Waals surface area contributed by atoms with Gasteiger partial charge in [-0.05, 0) is 30.2 Å². The predicted octanol–water partition coefficient (Wildman–Crippen LogP) is 3.33. The van der Waals surface area contributed by atoms with Crippen molar-refractivity contribution in [3.63, 3.8) is 0 Å². The molecule has 0 aliphatic carbocycles. The fourth-order valence-electron chi connectivity index (χ4n) is 2.57. The SMILES string of the molecule is CC[S+]([O-])c1cc(N)c(N=N)nc1-c1nnc(-c2cc(C(F)(F)F)ccn2)n1C. The maximum Gasteiger partial charge on any atom is 0.416 e. The summed E-state index contributed by atoms with van der Waals surface area (Å²) in [5, 5.41) is 11.1. The molecule has 29 heavy (non-hydrogen) atoms. The number of hydrogen-bond donors (Lipinski definition) is 2. The minimum absolute atomic E-state index is 0.0416. The van der Waals surface area contributed by atoms with E-state index in [2.05, 4.69) is 25.3 Å². The van der Waals surface area contributed by atoms with Gasteiger partial charge in [-0.25, -0.2) is 10.5 Å². The number of anilines is 1. The highest BCUT2D eigenvalue weighted by Crippen LogP contribution is 2.34. The number of nitrogen functional groups attached to an aromatic ring is 1. The first-order chi connectivity index (χ1) is 13.7. The Balaban J connectivity index is 2.17. The number of nitrogens with one attached hydrogen (secondary N) is 1. The first-order valence-electron chi connectivity index (χ1n) is 8.17. The zero-order valence-electron chi connectivity index (χ0n) is 15.2. The van der Waals surface area contributed by atoms with Crippen LogP contribution in [0.15, 0.2) is 34.4 Å². The molecular weight excluding hydrogens is 409 g/mol. The summed E-state index contributed by atoms with van der Waals surface area (Å²) in [5.41, 5.74) is 12.3. The smallest absolute Gasteiger partial charge is 0.416 e. The van der Waals surface area contributed by atoms with Gasteiger partial charge in [0.2, 0.25) is 0 Å². The summed E-state index contributed by atoms with van der Waals surface area (Å²) in [7, 11) is 1.51. The van der Waals surface area contributed by atoms with Crippen LogP contribution in [0.5, 0.6) is 0 Å². The highest BCUT2D eigenvalue weighted by molar-refractivity contribution is 7.91. The first kappa shape index (κ1) is 20.7. The van der Waals surface area contributed by atoms with Crippen molar-refractivity contribution in [3.8, 4) is 23.0 Å².